The molecule has 1 aromatic carbocycles. The number of aromatic nitrogens is 1. The summed E-state index contributed by atoms with van der Waals surface area (Å²) in [7, 11) is 2.12. The van der Waals surface area contributed by atoms with Crippen LogP contribution < -0.4 is 5.73 Å². The second-order valence-corrected chi connectivity index (χ2v) is 4.78. The topological polar surface area (TPSA) is 42.1 Å². The van der Waals surface area contributed by atoms with E-state index in [-0.39, 0.29) is 0 Å². The zero-order valence-electron chi connectivity index (χ0n) is 11.4. The van der Waals surface area contributed by atoms with E-state index in [1.54, 1.807) is 0 Å². The Kier molecular flexibility index (Phi) is 5.07. The van der Waals surface area contributed by atoms with Crippen molar-refractivity contribution in [3.05, 3.63) is 65.5 Å². The molecule has 0 saturated carbocycles. The van der Waals surface area contributed by atoms with Gasteiger partial charge in [-0.1, -0.05) is 30.3 Å². The lowest BCUT2D eigenvalue weighted by Crippen LogP contribution is -2.21. The van der Waals surface area contributed by atoms with Gasteiger partial charge in [-0.05, 0) is 36.7 Å². The number of nitrogens with zero attached hydrogens (tertiary/aromatic N) is 2. The quantitative estimate of drug-likeness (QED) is 0.860. The molecular weight excluding hydrogens is 234 g/mol. The Morgan fingerprint density at radius 2 is 1.79 bits per heavy atom. The number of likely N-dealkylation sites (N-methyl/N-ethyl adjacent to an activating group) is 1. The van der Waals surface area contributed by atoms with Crippen LogP contribution in [0.25, 0.3) is 0 Å². The molecule has 0 saturated heterocycles. The summed E-state index contributed by atoms with van der Waals surface area (Å²) in [5.41, 5.74) is 9.45. The van der Waals surface area contributed by atoms with Crippen molar-refractivity contribution >= 4 is 0 Å². The highest BCUT2D eigenvalue weighted by Gasteiger charge is 2.04. The van der Waals surface area contributed by atoms with E-state index in [1.807, 2.05) is 24.4 Å². The van der Waals surface area contributed by atoms with Crippen LogP contribution in [0.5, 0.6) is 0 Å². The SMILES string of the molecule is CN(CCc1ccccc1CN)Cc1ccccn1. The molecule has 0 aliphatic rings. The molecule has 3 heteroatoms. The third-order valence-corrected chi connectivity index (χ3v) is 3.26. The van der Waals surface area contributed by atoms with Crippen LogP contribution in [-0.2, 0) is 19.5 Å². The first kappa shape index (κ1) is 13.7. The van der Waals surface area contributed by atoms with Crippen LogP contribution in [0.2, 0.25) is 0 Å². The molecule has 2 N–H and O–H groups in total. The minimum Gasteiger partial charge on any atom is -0.326 e. The maximum Gasteiger partial charge on any atom is 0.0543 e. The molecule has 19 heavy (non-hydrogen) atoms. The summed E-state index contributed by atoms with van der Waals surface area (Å²) in [6, 6.07) is 14.4. The fraction of sp³-hybridized carbons (Fsp3) is 0.312. The minimum atomic E-state index is 0.611. The number of nitrogens with two attached hydrogens (primary N) is 1. The monoisotopic (exact) mass is 255 g/mol. The Bertz CT molecular complexity index is 496. The van der Waals surface area contributed by atoms with Crippen molar-refractivity contribution in [1.82, 2.24) is 9.88 Å². The lowest BCUT2D eigenvalue weighted by Gasteiger charge is -2.17. The molecule has 0 aliphatic heterocycles. The van der Waals surface area contributed by atoms with Crippen molar-refractivity contribution < 1.29 is 0 Å². The third-order valence-electron chi connectivity index (χ3n) is 3.26. The van der Waals surface area contributed by atoms with Gasteiger partial charge in [-0.2, -0.15) is 0 Å². The van der Waals surface area contributed by atoms with E-state index >= 15 is 0 Å². The second kappa shape index (κ2) is 7.02. The highest BCUT2D eigenvalue weighted by atomic mass is 15.1. The van der Waals surface area contributed by atoms with E-state index in [9.17, 15) is 0 Å². The summed E-state index contributed by atoms with van der Waals surface area (Å²) in [5, 5.41) is 0. The van der Waals surface area contributed by atoms with Crippen molar-refractivity contribution in [1.29, 1.82) is 0 Å². The van der Waals surface area contributed by atoms with Gasteiger partial charge in [0.2, 0.25) is 0 Å². The summed E-state index contributed by atoms with van der Waals surface area (Å²) >= 11 is 0. The first-order chi connectivity index (χ1) is 9.29. The summed E-state index contributed by atoms with van der Waals surface area (Å²) in [5.74, 6) is 0. The highest BCUT2D eigenvalue weighted by molar-refractivity contribution is 5.27. The standard InChI is InChI=1S/C16H21N3/c1-19(13-16-8-4-5-10-18-16)11-9-14-6-2-3-7-15(14)12-17/h2-8,10H,9,11-13,17H2,1H3. The number of hydrogen-bond acceptors (Lipinski definition) is 3. The zero-order valence-corrected chi connectivity index (χ0v) is 11.4. The van der Waals surface area contributed by atoms with Crippen LogP contribution in [0.4, 0.5) is 0 Å². The fourth-order valence-corrected chi connectivity index (χ4v) is 2.16. The van der Waals surface area contributed by atoms with Crippen molar-refractivity contribution in [2.45, 2.75) is 19.5 Å². The zero-order chi connectivity index (χ0) is 13.5. The second-order valence-electron chi connectivity index (χ2n) is 4.78. The van der Waals surface area contributed by atoms with E-state index in [4.69, 9.17) is 5.73 Å². The molecule has 0 fully saturated rings. The van der Waals surface area contributed by atoms with E-state index in [0.29, 0.717) is 6.54 Å². The normalized spacial score (nSPS) is 10.9. The minimum absolute atomic E-state index is 0.611. The number of rotatable bonds is 6. The first-order valence-corrected chi connectivity index (χ1v) is 6.65. The van der Waals surface area contributed by atoms with Gasteiger partial charge >= 0.3 is 0 Å². The molecule has 100 valence electrons. The Balaban J connectivity index is 1.88. The molecule has 0 bridgehead atoms. The van der Waals surface area contributed by atoms with Gasteiger partial charge in [0, 0.05) is 25.8 Å². The molecule has 0 spiro atoms. The average Bonchev–Trinajstić information content (AvgIpc) is 2.46. The highest BCUT2D eigenvalue weighted by Crippen LogP contribution is 2.09. The van der Waals surface area contributed by atoms with Crippen LogP contribution >= 0.6 is 0 Å². The lowest BCUT2D eigenvalue weighted by molar-refractivity contribution is 0.327. The van der Waals surface area contributed by atoms with Crippen molar-refractivity contribution in [2.75, 3.05) is 13.6 Å². The number of pyridine rings is 1. The van der Waals surface area contributed by atoms with Crippen LogP contribution in [-0.4, -0.2) is 23.5 Å². The van der Waals surface area contributed by atoms with Gasteiger partial charge in [-0.25, -0.2) is 0 Å². The smallest absolute Gasteiger partial charge is 0.0543 e. The van der Waals surface area contributed by atoms with Crippen molar-refractivity contribution in [3.63, 3.8) is 0 Å². The maximum atomic E-state index is 5.76. The average molecular weight is 255 g/mol. The summed E-state index contributed by atoms with van der Waals surface area (Å²) < 4.78 is 0. The Morgan fingerprint density at radius 3 is 2.47 bits per heavy atom. The largest absolute Gasteiger partial charge is 0.326 e. The Morgan fingerprint density at radius 1 is 1.05 bits per heavy atom. The molecule has 3 nitrogen and oxygen atoms in total. The molecule has 0 radical (unpaired) electrons. The van der Waals surface area contributed by atoms with Crippen LogP contribution in [0.15, 0.2) is 48.7 Å². The lowest BCUT2D eigenvalue weighted by atomic mass is 10.0. The molecule has 2 rings (SSSR count). The predicted molar refractivity (Wildman–Crippen MR) is 78.6 cm³/mol. The molecule has 2 aromatic rings. The van der Waals surface area contributed by atoms with Gasteiger partial charge in [0.15, 0.2) is 0 Å². The Hall–Kier alpha value is -1.71. The summed E-state index contributed by atoms with van der Waals surface area (Å²) in [6.45, 7) is 2.50. The van der Waals surface area contributed by atoms with E-state index < -0.39 is 0 Å². The molecule has 0 atom stereocenters. The van der Waals surface area contributed by atoms with E-state index in [2.05, 4.69) is 41.2 Å². The van der Waals surface area contributed by atoms with Gasteiger partial charge in [-0.15, -0.1) is 0 Å². The molecule has 1 aromatic heterocycles. The Labute approximate surface area is 115 Å². The van der Waals surface area contributed by atoms with Gasteiger partial charge in [0.25, 0.3) is 0 Å². The molecule has 0 unspecified atom stereocenters. The van der Waals surface area contributed by atoms with Crippen molar-refractivity contribution in [2.24, 2.45) is 5.73 Å². The van der Waals surface area contributed by atoms with Crippen LogP contribution in [0.3, 0.4) is 0 Å². The van der Waals surface area contributed by atoms with Gasteiger partial charge < -0.3 is 10.6 Å². The van der Waals surface area contributed by atoms with Crippen LogP contribution in [0.1, 0.15) is 16.8 Å². The summed E-state index contributed by atoms with van der Waals surface area (Å²) in [6.07, 6.45) is 2.86. The summed E-state index contributed by atoms with van der Waals surface area (Å²) in [4.78, 5) is 6.63. The van der Waals surface area contributed by atoms with E-state index in [1.165, 1.54) is 11.1 Å². The molecular formula is C16H21N3. The third kappa shape index (κ3) is 4.16. The van der Waals surface area contributed by atoms with Gasteiger partial charge in [0.1, 0.15) is 0 Å². The van der Waals surface area contributed by atoms with Gasteiger partial charge in [0.05, 0.1) is 5.69 Å². The number of benzene rings is 1. The molecule has 0 amide bonds. The fourth-order valence-electron chi connectivity index (χ4n) is 2.16. The molecule has 0 aliphatic carbocycles. The number of hydrogen-bond donors (Lipinski definition) is 1. The van der Waals surface area contributed by atoms with Crippen LogP contribution in [0, 0.1) is 0 Å². The first-order valence-electron chi connectivity index (χ1n) is 6.65. The molecule has 1 heterocycles. The van der Waals surface area contributed by atoms with Crippen molar-refractivity contribution in [3.8, 4) is 0 Å². The van der Waals surface area contributed by atoms with E-state index in [0.717, 1.165) is 25.2 Å². The van der Waals surface area contributed by atoms with Gasteiger partial charge in [-0.3, -0.25) is 4.98 Å². The maximum absolute atomic E-state index is 5.76. The predicted octanol–water partition coefficient (Wildman–Crippen LogP) is 2.21.